The van der Waals surface area contributed by atoms with Crippen molar-refractivity contribution in [1.82, 2.24) is 19.8 Å². The lowest BCUT2D eigenvalue weighted by Gasteiger charge is -2.22. The van der Waals surface area contributed by atoms with Crippen LogP contribution < -0.4 is 10.0 Å². The molecule has 1 aliphatic heterocycles. The van der Waals surface area contributed by atoms with Gasteiger partial charge in [-0.15, -0.1) is 0 Å². The van der Waals surface area contributed by atoms with Crippen LogP contribution in [0.4, 0.5) is 0 Å². The van der Waals surface area contributed by atoms with Crippen LogP contribution in [0.5, 0.6) is 0 Å². The van der Waals surface area contributed by atoms with Gasteiger partial charge in [-0.25, -0.2) is 13.1 Å². The number of halogens is 1. The van der Waals surface area contributed by atoms with E-state index in [2.05, 4.69) is 10.0 Å². The Balaban J connectivity index is 1.61. The molecule has 0 saturated carbocycles. The van der Waals surface area contributed by atoms with Crippen molar-refractivity contribution < 1.29 is 22.4 Å². The molecule has 1 aliphatic rings. The third-order valence-corrected chi connectivity index (χ3v) is 7.30. The van der Waals surface area contributed by atoms with Gasteiger partial charge in [-0.3, -0.25) is 14.5 Å². The molecule has 0 radical (unpaired) electrons. The highest BCUT2D eigenvalue weighted by atomic mass is 35.5. The van der Waals surface area contributed by atoms with E-state index in [1.165, 1.54) is 18.2 Å². The van der Waals surface area contributed by atoms with E-state index >= 15 is 0 Å². The molecule has 0 spiro atoms. The summed E-state index contributed by atoms with van der Waals surface area (Å²) in [5.41, 5.74) is 0.0687. The van der Waals surface area contributed by atoms with E-state index in [4.69, 9.17) is 16.0 Å². The van der Waals surface area contributed by atoms with Gasteiger partial charge in [0, 0.05) is 32.6 Å². The SMILES string of the molecule is CN(C)[C@@H](CNC(=O)c1cc(S(=O)(=O)NCCCN2CCCC2=O)ccc1Cl)c1ccco1. The number of nitrogens with one attached hydrogen (secondary N) is 2. The summed E-state index contributed by atoms with van der Waals surface area (Å²) in [7, 11) is -0.106. The molecule has 2 heterocycles. The number of carbonyl (C=O) groups excluding carboxylic acids is 2. The van der Waals surface area contributed by atoms with E-state index in [1.54, 1.807) is 17.2 Å². The number of likely N-dealkylation sites (tertiary alicyclic amines) is 1. The molecule has 1 fully saturated rings. The fourth-order valence-corrected chi connectivity index (χ4v) is 4.95. The summed E-state index contributed by atoms with van der Waals surface area (Å²) in [5.74, 6) is 0.320. The zero-order chi connectivity index (χ0) is 24.0. The van der Waals surface area contributed by atoms with Crippen molar-refractivity contribution in [3.8, 4) is 0 Å². The lowest BCUT2D eigenvalue weighted by molar-refractivity contribution is -0.127. The number of likely N-dealkylation sites (N-methyl/N-ethyl adjacent to an activating group) is 1. The molecule has 1 atom stereocenters. The van der Waals surface area contributed by atoms with E-state index in [0.717, 1.165) is 13.0 Å². The average Bonchev–Trinajstić information content (AvgIpc) is 3.43. The zero-order valence-electron chi connectivity index (χ0n) is 18.7. The molecule has 11 heteroatoms. The summed E-state index contributed by atoms with van der Waals surface area (Å²) in [6.07, 6.45) is 3.47. The molecule has 0 bridgehead atoms. The Morgan fingerprint density at radius 3 is 2.73 bits per heavy atom. The highest BCUT2D eigenvalue weighted by molar-refractivity contribution is 7.89. The monoisotopic (exact) mass is 496 g/mol. The standard InChI is InChI=1S/C22H29ClN4O5S/c1-26(2)19(20-6-4-13-32-20)15-24-22(29)17-14-16(8-9-18(17)23)33(30,31)25-10-5-12-27-11-3-7-21(27)28/h4,6,8-9,13-14,19,25H,3,5,7,10-12,15H2,1-2H3,(H,24,29)/t19-/m0/s1. The molecule has 3 rings (SSSR count). The molecule has 2 amide bonds. The number of benzene rings is 1. The van der Waals surface area contributed by atoms with Crippen LogP contribution in [0.15, 0.2) is 45.9 Å². The molecule has 2 N–H and O–H groups in total. The van der Waals surface area contributed by atoms with Crippen LogP contribution >= 0.6 is 11.6 Å². The average molecular weight is 497 g/mol. The van der Waals surface area contributed by atoms with Gasteiger partial charge >= 0.3 is 0 Å². The first-order chi connectivity index (χ1) is 15.7. The first kappa shape index (κ1) is 25.2. The van der Waals surface area contributed by atoms with Crippen LogP contribution in [0.3, 0.4) is 0 Å². The Morgan fingerprint density at radius 2 is 2.09 bits per heavy atom. The molecule has 0 unspecified atom stereocenters. The molecular weight excluding hydrogens is 468 g/mol. The number of sulfonamides is 1. The quantitative estimate of drug-likeness (QED) is 0.461. The van der Waals surface area contributed by atoms with Gasteiger partial charge in [0.25, 0.3) is 5.91 Å². The minimum atomic E-state index is -3.84. The smallest absolute Gasteiger partial charge is 0.252 e. The van der Waals surface area contributed by atoms with E-state index in [9.17, 15) is 18.0 Å². The molecule has 0 aliphatic carbocycles. The maximum atomic E-state index is 12.8. The third-order valence-electron chi connectivity index (χ3n) is 5.51. The van der Waals surface area contributed by atoms with Gasteiger partial charge in [-0.2, -0.15) is 0 Å². The van der Waals surface area contributed by atoms with Crippen molar-refractivity contribution in [3.05, 3.63) is 52.9 Å². The van der Waals surface area contributed by atoms with Crippen molar-refractivity contribution in [3.63, 3.8) is 0 Å². The Kier molecular flexibility index (Phi) is 8.52. The summed E-state index contributed by atoms with van der Waals surface area (Å²) in [4.78, 5) is 28.0. The Bertz CT molecular complexity index is 1070. The van der Waals surface area contributed by atoms with Crippen LogP contribution in [-0.4, -0.2) is 70.3 Å². The zero-order valence-corrected chi connectivity index (χ0v) is 20.3. The first-order valence-corrected chi connectivity index (χ1v) is 12.6. The summed E-state index contributed by atoms with van der Waals surface area (Å²) in [6, 6.07) is 7.42. The van der Waals surface area contributed by atoms with E-state index in [0.29, 0.717) is 25.1 Å². The van der Waals surface area contributed by atoms with E-state index in [-0.39, 0.29) is 40.5 Å². The fourth-order valence-electron chi connectivity index (χ4n) is 3.65. The summed E-state index contributed by atoms with van der Waals surface area (Å²) in [5, 5.41) is 2.95. The predicted molar refractivity (Wildman–Crippen MR) is 125 cm³/mol. The molecule has 1 aromatic heterocycles. The van der Waals surface area contributed by atoms with Gasteiger partial charge in [0.1, 0.15) is 5.76 Å². The van der Waals surface area contributed by atoms with Gasteiger partial charge in [0.05, 0.1) is 27.8 Å². The lowest BCUT2D eigenvalue weighted by Crippen LogP contribution is -2.34. The molecule has 180 valence electrons. The Hall–Kier alpha value is -2.40. The van der Waals surface area contributed by atoms with E-state index in [1.807, 2.05) is 25.1 Å². The second-order valence-electron chi connectivity index (χ2n) is 8.08. The highest BCUT2D eigenvalue weighted by Crippen LogP contribution is 2.22. The minimum absolute atomic E-state index is 0.0514. The number of hydrogen-bond donors (Lipinski definition) is 2. The van der Waals surface area contributed by atoms with Crippen molar-refractivity contribution in [2.75, 3.05) is 40.3 Å². The van der Waals surface area contributed by atoms with Crippen molar-refractivity contribution in [2.45, 2.75) is 30.2 Å². The van der Waals surface area contributed by atoms with Crippen LogP contribution in [0, 0.1) is 0 Å². The molecule has 33 heavy (non-hydrogen) atoms. The number of nitrogens with zero attached hydrogens (tertiary/aromatic N) is 2. The van der Waals surface area contributed by atoms with Gasteiger partial charge in [-0.1, -0.05) is 11.6 Å². The maximum Gasteiger partial charge on any atom is 0.252 e. The fraction of sp³-hybridized carbons (Fsp3) is 0.455. The topological polar surface area (TPSA) is 112 Å². The Labute approximate surface area is 199 Å². The summed E-state index contributed by atoms with van der Waals surface area (Å²) >= 11 is 6.19. The van der Waals surface area contributed by atoms with Crippen molar-refractivity contribution in [1.29, 1.82) is 0 Å². The van der Waals surface area contributed by atoms with Gasteiger partial charge in [0.2, 0.25) is 15.9 Å². The minimum Gasteiger partial charge on any atom is -0.468 e. The number of amides is 2. The van der Waals surface area contributed by atoms with Crippen molar-refractivity contribution >= 4 is 33.4 Å². The van der Waals surface area contributed by atoms with Gasteiger partial charge in [0.15, 0.2) is 0 Å². The molecule has 1 saturated heterocycles. The third kappa shape index (κ3) is 6.57. The first-order valence-electron chi connectivity index (χ1n) is 10.7. The number of rotatable bonds is 11. The van der Waals surface area contributed by atoms with Crippen molar-refractivity contribution in [2.24, 2.45) is 0 Å². The van der Waals surface area contributed by atoms with Crippen LogP contribution in [0.2, 0.25) is 5.02 Å². The second kappa shape index (κ2) is 11.1. The van der Waals surface area contributed by atoms with Gasteiger partial charge < -0.3 is 14.6 Å². The lowest BCUT2D eigenvalue weighted by atomic mass is 10.1. The largest absolute Gasteiger partial charge is 0.468 e. The number of carbonyl (C=O) groups is 2. The maximum absolute atomic E-state index is 12.8. The number of hydrogen-bond acceptors (Lipinski definition) is 6. The highest BCUT2D eigenvalue weighted by Gasteiger charge is 2.22. The normalized spacial score (nSPS) is 15.3. The molecular formula is C22H29ClN4O5S. The van der Waals surface area contributed by atoms with Crippen LogP contribution in [-0.2, 0) is 14.8 Å². The Morgan fingerprint density at radius 1 is 1.30 bits per heavy atom. The van der Waals surface area contributed by atoms with E-state index < -0.39 is 15.9 Å². The van der Waals surface area contributed by atoms with Crippen LogP contribution in [0.25, 0.3) is 0 Å². The molecule has 2 aromatic rings. The second-order valence-corrected chi connectivity index (χ2v) is 10.3. The predicted octanol–water partition coefficient (Wildman–Crippen LogP) is 2.26. The van der Waals surface area contributed by atoms with Crippen LogP contribution in [0.1, 0.15) is 41.4 Å². The number of furan rings is 1. The van der Waals surface area contributed by atoms with Gasteiger partial charge in [-0.05, 0) is 57.3 Å². The summed E-state index contributed by atoms with van der Waals surface area (Å²) in [6.45, 7) is 1.66. The summed E-state index contributed by atoms with van der Waals surface area (Å²) < 4.78 is 33.4. The molecule has 9 nitrogen and oxygen atoms in total. The molecule has 1 aromatic carbocycles.